The minimum Gasteiger partial charge on any atom is -0.310 e. The maximum absolute atomic E-state index is 13.2. The molecule has 6 heteroatoms. The van der Waals surface area contributed by atoms with E-state index in [1.165, 1.54) is 0 Å². The van der Waals surface area contributed by atoms with Crippen LogP contribution >= 0.6 is 0 Å². The maximum Gasteiger partial charge on any atom is 0.416 e. The van der Waals surface area contributed by atoms with Gasteiger partial charge in [0.2, 0.25) is 0 Å². The Kier molecular flexibility index (Phi) is 5.95. The lowest BCUT2D eigenvalue weighted by Crippen LogP contribution is -2.29. The van der Waals surface area contributed by atoms with E-state index in [1.54, 1.807) is 0 Å². The summed E-state index contributed by atoms with van der Waals surface area (Å²) in [5.74, 6) is -0.863. The van der Waals surface area contributed by atoms with Gasteiger partial charge >= 0.3 is 6.18 Å². The van der Waals surface area contributed by atoms with E-state index in [-0.39, 0.29) is 12.6 Å². The molecule has 0 radical (unpaired) electrons. The number of alkyl halides is 3. The highest BCUT2D eigenvalue weighted by atomic mass is 19.4. The van der Waals surface area contributed by atoms with Gasteiger partial charge in [0.1, 0.15) is 5.82 Å². The van der Waals surface area contributed by atoms with Crippen LogP contribution in [0.25, 0.3) is 0 Å². The quantitative estimate of drug-likeness (QED) is 0.810. The first-order valence-corrected chi connectivity index (χ1v) is 6.43. The van der Waals surface area contributed by atoms with Gasteiger partial charge < -0.3 is 10.2 Å². The third-order valence-corrected chi connectivity index (χ3v) is 2.95. The number of hydrogen-bond donors (Lipinski definition) is 1. The predicted molar refractivity (Wildman–Crippen MR) is 70.9 cm³/mol. The summed E-state index contributed by atoms with van der Waals surface area (Å²) in [6.07, 6.45) is -3.65. The first-order chi connectivity index (χ1) is 9.18. The Morgan fingerprint density at radius 3 is 2.40 bits per heavy atom. The van der Waals surface area contributed by atoms with Crippen LogP contribution in [-0.2, 0) is 12.7 Å². The molecule has 0 aliphatic rings. The van der Waals surface area contributed by atoms with Gasteiger partial charge in [0.15, 0.2) is 0 Å². The first-order valence-electron chi connectivity index (χ1n) is 6.43. The highest BCUT2D eigenvalue weighted by molar-refractivity contribution is 5.26. The van der Waals surface area contributed by atoms with Crippen molar-refractivity contribution in [2.24, 2.45) is 0 Å². The molecule has 114 valence electrons. The zero-order valence-corrected chi connectivity index (χ0v) is 11.9. The summed E-state index contributed by atoms with van der Waals surface area (Å²) in [5.41, 5.74) is -0.649. The number of nitrogens with one attached hydrogen (secondary N) is 1. The van der Waals surface area contributed by atoms with Crippen LogP contribution in [0.15, 0.2) is 18.2 Å². The molecule has 0 spiro atoms. The highest BCUT2D eigenvalue weighted by Gasteiger charge is 2.31. The van der Waals surface area contributed by atoms with E-state index in [9.17, 15) is 17.6 Å². The Morgan fingerprint density at radius 2 is 1.85 bits per heavy atom. The normalized spacial score (nSPS) is 13.8. The van der Waals surface area contributed by atoms with Crippen LogP contribution < -0.4 is 5.32 Å². The molecule has 0 amide bonds. The fraction of sp³-hybridized carbons (Fsp3) is 0.571. The zero-order valence-electron chi connectivity index (χ0n) is 11.9. The van der Waals surface area contributed by atoms with E-state index in [2.05, 4.69) is 5.32 Å². The largest absolute Gasteiger partial charge is 0.416 e. The number of benzene rings is 1. The van der Waals surface area contributed by atoms with Crippen molar-refractivity contribution < 1.29 is 17.6 Å². The monoisotopic (exact) mass is 292 g/mol. The molecule has 1 atom stereocenters. The second-order valence-electron chi connectivity index (χ2n) is 5.22. The van der Waals surface area contributed by atoms with Crippen LogP contribution in [0.2, 0.25) is 0 Å². The van der Waals surface area contributed by atoms with Crippen LogP contribution in [0.3, 0.4) is 0 Å². The molecule has 0 aliphatic heterocycles. The third kappa shape index (κ3) is 5.88. The van der Waals surface area contributed by atoms with Gasteiger partial charge in [-0.05, 0) is 57.7 Å². The van der Waals surface area contributed by atoms with E-state index >= 15 is 0 Å². The van der Waals surface area contributed by atoms with Gasteiger partial charge in [0.25, 0.3) is 0 Å². The van der Waals surface area contributed by atoms with Gasteiger partial charge in [-0.2, -0.15) is 13.2 Å². The topological polar surface area (TPSA) is 15.3 Å². The Labute approximate surface area is 116 Å². The van der Waals surface area contributed by atoms with Crippen molar-refractivity contribution in [3.05, 3.63) is 35.1 Å². The van der Waals surface area contributed by atoms with Crippen molar-refractivity contribution in [1.29, 1.82) is 0 Å². The number of hydrogen-bond acceptors (Lipinski definition) is 2. The molecule has 1 aromatic rings. The molecule has 2 nitrogen and oxygen atoms in total. The van der Waals surface area contributed by atoms with Crippen molar-refractivity contribution >= 4 is 0 Å². The fourth-order valence-corrected chi connectivity index (χ4v) is 1.76. The van der Waals surface area contributed by atoms with Crippen molar-refractivity contribution in [2.45, 2.75) is 32.1 Å². The molecule has 1 rings (SSSR count). The molecule has 1 N–H and O–H groups in total. The molecule has 1 aromatic carbocycles. The Balaban J connectivity index is 2.62. The van der Waals surface area contributed by atoms with Crippen LogP contribution in [0.5, 0.6) is 0 Å². The summed E-state index contributed by atoms with van der Waals surface area (Å²) in [6.45, 7) is 3.05. The molecule has 20 heavy (non-hydrogen) atoms. The predicted octanol–water partition coefficient (Wildman–Crippen LogP) is 3.27. The number of halogens is 4. The second kappa shape index (κ2) is 7.04. The average molecular weight is 292 g/mol. The summed E-state index contributed by atoms with van der Waals surface area (Å²) in [7, 11) is 3.91. The molecule has 0 saturated heterocycles. The van der Waals surface area contributed by atoms with Crippen LogP contribution in [0, 0.1) is 5.82 Å². The van der Waals surface area contributed by atoms with Gasteiger partial charge in [-0.1, -0.05) is 0 Å². The highest BCUT2D eigenvalue weighted by Crippen LogP contribution is 2.30. The molecular weight excluding hydrogens is 272 g/mol. The molecule has 1 unspecified atom stereocenters. The minimum atomic E-state index is -4.52. The van der Waals surface area contributed by atoms with Crippen molar-refractivity contribution in [3.63, 3.8) is 0 Å². The van der Waals surface area contributed by atoms with Crippen LogP contribution in [0.1, 0.15) is 24.5 Å². The Morgan fingerprint density at radius 1 is 1.20 bits per heavy atom. The van der Waals surface area contributed by atoms with Crippen molar-refractivity contribution in [2.75, 3.05) is 20.6 Å². The van der Waals surface area contributed by atoms with E-state index in [1.807, 2.05) is 25.9 Å². The molecule has 0 aliphatic carbocycles. The summed E-state index contributed by atoms with van der Waals surface area (Å²) >= 11 is 0. The molecular formula is C14H20F4N2. The smallest absolute Gasteiger partial charge is 0.310 e. The standard InChI is InChI=1S/C14H20F4N2/c1-10(4-5-20(2)3)19-9-11-6-12(14(16,17)18)8-13(15)7-11/h6-8,10,19H,4-5,9H2,1-3H3. The SMILES string of the molecule is CC(CCN(C)C)NCc1cc(F)cc(C(F)(F)F)c1. The number of rotatable bonds is 6. The minimum absolute atomic E-state index is 0.148. The van der Waals surface area contributed by atoms with Gasteiger partial charge in [0, 0.05) is 12.6 Å². The van der Waals surface area contributed by atoms with E-state index < -0.39 is 17.6 Å². The van der Waals surface area contributed by atoms with E-state index in [0.717, 1.165) is 25.1 Å². The third-order valence-electron chi connectivity index (χ3n) is 2.95. The lowest BCUT2D eigenvalue weighted by Gasteiger charge is -2.17. The molecule has 0 heterocycles. The first kappa shape index (κ1) is 16.9. The van der Waals surface area contributed by atoms with E-state index in [0.29, 0.717) is 11.6 Å². The molecule has 0 aromatic heterocycles. The van der Waals surface area contributed by atoms with Gasteiger partial charge in [-0.15, -0.1) is 0 Å². The van der Waals surface area contributed by atoms with Gasteiger partial charge in [-0.3, -0.25) is 0 Å². The van der Waals surface area contributed by atoms with Gasteiger partial charge in [-0.25, -0.2) is 4.39 Å². The van der Waals surface area contributed by atoms with Crippen LogP contribution in [-0.4, -0.2) is 31.6 Å². The molecule has 0 fully saturated rings. The maximum atomic E-state index is 13.2. The van der Waals surface area contributed by atoms with E-state index in [4.69, 9.17) is 0 Å². The Hall–Kier alpha value is -1.14. The fourth-order valence-electron chi connectivity index (χ4n) is 1.76. The summed E-state index contributed by atoms with van der Waals surface area (Å²) in [6, 6.07) is 2.77. The number of nitrogens with zero attached hydrogens (tertiary/aromatic N) is 1. The lowest BCUT2D eigenvalue weighted by molar-refractivity contribution is -0.137. The second-order valence-corrected chi connectivity index (χ2v) is 5.22. The summed E-state index contributed by atoms with van der Waals surface area (Å²) in [5, 5.41) is 3.10. The lowest BCUT2D eigenvalue weighted by atomic mass is 10.1. The average Bonchev–Trinajstić information content (AvgIpc) is 2.32. The molecule has 0 saturated carbocycles. The van der Waals surface area contributed by atoms with Gasteiger partial charge in [0.05, 0.1) is 5.56 Å². The Bertz CT molecular complexity index is 430. The van der Waals surface area contributed by atoms with Crippen molar-refractivity contribution in [3.8, 4) is 0 Å². The zero-order chi connectivity index (χ0) is 15.3. The van der Waals surface area contributed by atoms with Crippen molar-refractivity contribution in [1.82, 2.24) is 10.2 Å². The summed E-state index contributed by atoms with van der Waals surface area (Å²) < 4.78 is 50.9. The van der Waals surface area contributed by atoms with Crippen LogP contribution in [0.4, 0.5) is 17.6 Å². The summed E-state index contributed by atoms with van der Waals surface area (Å²) in [4.78, 5) is 2.03. The molecule has 0 bridgehead atoms.